The molecule has 1 heterocycles. The van der Waals surface area contributed by atoms with Crippen molar-refractivity contribution in [2.75, 3.05) is 0 Å². The Labute approximate surface area is 320 Å². The average molecular weight is 699 g/mol. The van der Waals surface area contributed by atoms with Gasteiger partial charge in [-0.3, -0.25) is 0 Å². The van der Waals surface area contributed by atoms with Crippen molar-refractivity contribution >= 4 is 32.3 Å². The Morgan fingerprint density at radius 3 is 1.65 bits per heavy atom. The smallest absolute Gasteiger partial charge is 0.161 e. The van der Waals surface area contributed by atoms with Crippen LogP contribution in [-0.2, 0) is 5.41 Å². The van der Waals surface area contributed by atoms with Crippen molar-refractivity contribution in [2.45, 2.75) is 5.41 Å². The van der Waals surface area contributed by atoms with E-state index >= 15 is 0 Å². The zero-order valence-corrected chi connectivity index (χ0v) is 30.0. The molecule has 0 aliphatic heterocycles. The normalized spacial score (nSPS) is 12.9. The lowest BCUT2D eigenvalue weighted by atomic mass is 9.67. The zero-order valence-electron chi connectivity index (χ0n) is 30.0. The molecule has 0 N–H and O–H groups in total. The molecule has 0 spiro atoms. The Morgan fingerprint density at radius 2 is 0.909 bits per heavy atom. The maximum Gasteiger partial charge on any atom is 0.161 e. The molecule has 2 heteroatoms. The molecule has 0 saturated heterocycles. The molecule has 11 rings (SSSR count). The van der Waals surface area contributed by atoms with E-state index in [1.54, 1.807) is 0 Å². The van der Waals surface area contributed by atoms with Crippen molar-refractivity contribution in [1.29, 1.82) is 0 Å². The number of nitrogens with zero attached hydrogens (tertiary/aromatic N) is 2. The van der Waals surface area contributed by atoms with Gasteiger partial charge < -0.3 is 0 Å². The molecule has 2 nitrogen and oxygen atoms in total. The van der Waals surface area contributed by atoms with Crippen LogP contribution in [0.3, 0.4) is 0 Å². The fourth-order valence-electron chi connectivity index (χ4n) is 9.14. The summed E-state index contributed by atoms with van der Waals surface area (Å²) in [6, 6.07) is 74.5. The van der Waals surface area contributed by atoms with Crippen molar-refractivity contribution in [3.63, 3.8) is 0 Å². The molecule has 1 aromatic heterocycles. The van der Waals surface area contributed by atoms with Gasteiger partial charge in [-0.15, -0.1) is 0 Å². The Hall–Kier alpha value is -7.16. The van der Waals surface area contributed by atoms with Crippen LogP contribution in [0.25, 0.3) is 77.3 Å². The summed E-state index contributed by atoms with van der Waals surface area (Å²) in [5.74, 6) is 0.718. The number of aromatic nitrogens is 2. The van der Waals surface area contributed by atoms with E-state index in [1.807, 2.05) is 0 Å². The van der Waals surface area contributed by atoms with Gasteiger partial charge in [-0.25, -0.2) is 9.97 Å². The molecule has 0 radical (unpaired) electrons. The topological polar surface area (TPSA) is 25.8 Å². The van der Waals surface area contributed by atoms with Gasteiger partial charge in [-0.2, -0.15) is 0 Å². The third-order valence-corrected chi connectivity index (χ3v) is 11.5. The van der Waals surface area contributed by atoms with E-state index in [-0.39, 0.29) is 0 Å². The van der Waals surface area contributed by atoms with Gasteiger partial charge in [0.1, 0.15) is 0 Å². The maximum absolute atomic E-state index is 5.56. The maximum atomic E-state index is 5.56. The van der Waals surface area contributed by atoms with Crippen molar-refractivity contribution in [3.8, 4) is 45.0 Å². The highest BCUT2D eigenvalue weighted by Gasteiger charge is 2.46. The Kier molecular flexibility index (Phi) is 7.11. The number of hydrogen-bond donors (Lipinski definition) is 0. The number of benzene rings is 9. The monoisotopic (exact) mass is 698 g/mol. The Balaban J connectivity index is 1.23. The largest absolute Gasteiger partial charge is 0.228 e. The fraction of sp³-hybridized carbons (Fsp3) is 0.0189. The minimum absolute atomic E-state index is 0.507. The van der Waals surface area contributed by atoms with Gasteiger partial charge in [0, 0.05) is 22.1 Å². The second-order valence-corrected chi connectivity index (χ2v) is 14.5. The number of fused-ring (bicyclic) bond motifs is 7. The van der Waals surface area contributed by atoms with E-state index < -0.39 is 5.41 Å². The second kappa shape index (κ2) is 12.5. The molecule has 0 saturated carbocycles. The van der Waals surface area contributed by atoms with Crippen molar-refractivity contribution < 1.29 is 0 Å². The minimum atomic E-state index is -0.507. The lowest BCUT2D eigenvalue weighted by molar-refractivity contribution is 0.768. The highest BCUT2D eigenvalue weighted by molar-refractivity contribution is 6.21. The van der Waals surface area contributed by atoms with Crippen molar-refractivity contribution in [3.05, 3.63) is 229 Å². The standard InChI is InChI=1S/C53H34N2/c1-4-17-36(18-5-1)48-34-49(55-52(54-48)51-43-25-13-11-19-37(43)32-39-29-28-35-16-10-12-24-42(35)50(39)51)38-30-31-45-44-26-14-15-27-46(44)53(47(45)33-38,40-20-6-2-7-21-40)41-22-8-3-9-23-41/h1-34H. The van der Waals surface area contributed by atoms with Crippen LogP contribution in [0.5, 0.6) is 0 Å². The number of hydrogen-bond acceptors (Lipinski definition) is 2. The van der Waals surface area contributed by atoms with Crippen LogP contribution in [0.2, 0.25) is 0 Å². The van der Waals surface area contributed by atoms with Crippen LogP contribution in [0.15, 0.2) is 206 Å². The minimum Gasteiger partial charge on any atom is -0.228 e. The molecule has 10 aromatic rings. The Morgan fingerprint density at radius 1 is 0.345 bits per heavy atom. The molecular weight excluding hydrogens is 665 g/mol. The SMILES string of the molecule is c1ccc(-c2cc(-c3ccc4c(c3)C(c3ccccc3)(c3ccccc3)c3ccccc3-4)nc(-c3c4ccccc4cc4ccc5ccccc5c34)n2)cc1. The van der Waals surface area contributed by atoms with Crippen LogP contribution < -0.4 is 0 Å². The summed E-state index contributed by atoms with van der Waals surface area (Å²) in [6.07, 6.45) is 0. The van der Waals surface area contributed by atoms with Gasteiger partial charge in [0.15, 0.2) is 5.82 Å². The van der Waals surface area contributed by atoms with Gasteiger partial charge in [-0.1, -0.05) is 188 Å². The summed E-state index contributed by atoms with van der Waals surface area (Å²) in [6.45, 7) is 0. The molecule has 0 fully saturated rings. The zero-order chi connectivity index (χ0) is 36.3. The third-order valence-electron chi connectivity index (χ3n) is 11.5. The highest BCUT2D eigenvalue weighted by atomic mass is 14.9. The fourth-order valence-corrected chi connectivity index (χ4v) is 9.14. The number of rotatable bonds is 5. The van der Waals surface area contributed by atoms with Gasteiger partial charge in [0.05, 0.1) is 16.8 Å². The first-order valence-corrected chi connectivity index (χ1v) is 18.9. The van der Waals surface area contributed by atoms with Gasteiger partial charge >= 0.3 is 0 Å². The summed E-state index contributed by atoms with van der Waals surface area (Å²) >= 11 is 0. The molecule has 1 aliphatic rings. The van der Waals surface area contributed by atoms with E-state index in [0.29, 0.717) is 0 Å². The van der Waals surface area contributed by atoms with E-state index in [0.717, 1.165) is 39.3 Å². The summed E-state index contributed by atoms with van der Waals surface area (Å²) in [5, 5.41) is 7.04. The van der Waals surface area contributed by atoms with Crippen LogP contribution >= 0.6 is 0 Å². The quantitative estimate of drug-likeness (QED) is 0.132. The summed E-state index contributed by atoms with van der Waals surface area (Å²) in [7, 11) is 0. The lowest BCUT2D eigenvalue weighted by Crippen LogP contribution is -2.28. The first kappa shape index (κ1) is 31.4. The van der Waals surface area contributed by atoms with Crippen LogP contribution in [0, 0.1) is 0 Å². The van der Waals surface area contributed by atoms with Gasteiger partial charge in [0.25, 0.3) is 0 Å². The van der Waals surface area contributed by atoms with Crippen molar-refractivity contribution in [2.24, 2.45) is 0 Å². The summed E-state index contributed by atoms with van der Waals surface area (Å²) in [4.78, 5) is 11.0. The predicted octanol–water partition coefficient (Wildman–Crippen LogP) is 13.3. The molecule has 0 unspecified atom stereocenters. The molecule has 1 aliphatic carbocycles. The molecular formula is C53H34N2. The molecule has 0 atom stereocenters. The second-order valence-electron chi connectivity index (χ2n) is 14.5. The highest BCUT2D eigenvalue weighted by Crippen LogP contribution is 2.56. The van der Waals surface area contributed by atoms with E-state index in [2.05, 4.69) is 206 Å². The molecule has 9 aromatic carbocycles. The van der Waals surface area contributed by atoms with Gasteiger partial charge in [0.2, 0.25) is 0 Å². The predicted molar refractivity (Wildman–Crippen MR) is 228 cm³/mol. The van der Waals surface area contributed by atoms with E-state index in [4.69, 9.17) is 9.97 Å². The van der Waals surface area contributed by atoms with Crippen LogP contribution in [-0.4, -0.2) is 9.97 Å². The summed E-state index contributed by atoms with van der Waals surface area (Å²) < 4.78 is 0. The molecule has 0 amide bonds. The first-order valence-electron chi connectivity index (χ1n) is 18.9. The average Bonchev–Trinajstić information content (AvgIpc) is 3.56. The molecule has 256 valence electrons. The van der Waals surface area contributed by atoms with Crippen LogP contribution in [0.1, 0.15) is 22.3 Å². The van der Waals surface area contributed by atoms with Crippen LogP contribution in [0.4, 0.5) is 0 Å². The first-order chi connectivity index (χ1) is 27.3. The summed E-state index contributed by atoms with van der Waals surface area (Å²) in [5.41, 5.74) is 12.0. The lowest BCUT2D eigenvalue weighted by Gasteiger charge is -2.34. The third kappa shape index (κ3) is 4.82. The molecule has 55 heavy (non-hydrogen) atoms. The Bertz CT molecular complexity index is 3040. The van der Waals surface area contributed by atoms with E-state index in [1.165, 1.54) is 60.3 Å². The molecule has 0 bridgehead atoms. The van der Waals surface area contributed by atoms with Gasteiger partial charge in [-0.05, 0) is 78.5 Å². The van der Waals surface area contributed by atoms with E-state index in [9.17, 15) is 0 Å². The van der Waals surface area contributed by atoms with Crippen molar-refractivity contribution in [1.82, 2.24) is 9.97 Å².